The Hall–Kier alpha value is -2.89. The third-order valence-corrected chi connectivity index (χ3v) is 8.09. The number of likely N-dealkylation sites (N-methyl/N-ethyl adjacent to an activating group) is 1. The van der Waals surface area contributed by atoms with Gasteiger partial charge in [-0.05, 0) is 73.8 Å². The predicted octanol–water partition coefficient (Wildman–Crippen LogP) is 5.07. The number of benzene rings is 1. The molecule has 2 aliphatic carbocycles. The van der Waals surface area contributed by atoms with Gasteiger partial charge in [0.05, 0.1) is 23.7 Å². The Labute approximate surface area is 202 Å². The molecule has 4 rings (SSSR count). The number of pyridine rings is 1. The van der Waals surface area contributed by atoms with Crippen molar-refractivity contribution in [3.8, 4) is 0 Å². The van der Waals surface area contributed by atoms with Gasteiger partial charge < -0.3 is 19.7 Å². The van der Waals surface area contributed by atoms with Gasteiger partial charge in [0.15, 0.2) is 6.23 Å². The molecule has 0 bridgehead atoms. The van der Waals surface area contributed by atoms with Gasteiger partial charge in [-0.1, -0.05) is 55.3 Å². The zero-order chi connectivity index (χ0) is 24.7. The Bertz CT molecular complexity index is 1290. The van der Waals surface area contributed by atoms with Crippen LogP contribution < -0.4 is 5.56 Å². The van der Waals surface area contributed by atoms with Gasteiger partial charge in [-0.3, -0.25) is 4.79 Å². The lowest BCUT2D eigenvalue weighted by Gasteiger charge is -2.33. The van der Waals surface area contributed by atoms with E-state index in [1.54, 1.807) is 30.2 Å². The minimum Gasteiger partial charge on any atom is -0.389 e. The Morgan fingerprint density at radius 3 is 2.47 bits per heavy atom. The highest BCUT2D eigenvalue weighted by Crippen LogP contribution is 2.39. The summed E-state index contributed by atoms with van der Waals surface area (Å²) in [6.07, 6.45) is 4.24. The molecule has 1 heterocycles. The maximum atomic E-state index is 13.8. The summed E-state index contributed by atoms with van der Waals surface area (Å²) in [6, 6.07) is 9.66. The average Bonchev–Trinajstić information content (AvgIpc) is 2.84. The maximum absolute atomic E-state index is 13.8. The monoisotopic (exact) mass is 460 g/mol. The number of hydrogen-bond donors (Lipinski definition) is 2. The summed E-state index contributed by atoms with van der Waals surface area (Å²) in [4.78, 5) is 15.5. The molecule has 5 nitrogen and oxygen atoms in total. The SMILES string of the molecule is CC1=C(C)C(C)C(C)C(C)=C1Cn1c(=O)c(C(O)N(C)C2=CCC(O)C=C2)cc2ccccc21. The van der Waals surface area contributed by atoms with Crippen molar-refractivity contribution in [2.75, 3.05) is 7.05 Å². The molecular weight excluding hydrogens is 424 g/mol. The average molecular weight is 461 g/mol. The first-order chi connectivity index (χ1) is 16.1. The second kappa shape index (κ2) is 9.40. The van der Waals surface area contributed by atoms with Gasteiger partial charge in [-0.2, -0.15) is 0 Å². The molecule has 0 spiro atoms. The molecule has 0 radical (unpaired) electrons. The molecule has 1 aromatic heterocycles. The molecule has 0 aliphatic heterocycles. The summed E-state index contributed by atoms with van der Waals surface area (Å²) in [5, 5.41) is 21.9. The van der Waals surface area contributed by atoms with E-state index >= 15 is 0 Å². The lowest BCUT2D eigenvalue weighted by molar-refractivity contribution is 0.0453. The fraction of sp³-hybridized carbons (Fsp3) is 0.414. The van der Waals surface area contributed by atoms with Crippen molar-refractivity contribution >= 4 is 10.9 Å². The molecule has 34 heavy (non-hydrogen) atoms. The van der Waals surface area contributed by atoms with Crippen molar-refractivity contribution < 1.29 is 10.2 Å². The summed E-state index contributed by atoms with van der Waals surface area (Å²) in [6.45, 7) is 11.5. The van der Waals surface area contributed by atoms with Crippen molar-refractivity contribution in [1.29, 1.82) is 0 Å². The van der Waals surface area contributed by atoms with E-state index in [4.69, 9.17) is 0 Å². The molecule has 2 aliphatic rings. The smallest absolute Gasteiger partial charge is 0.259 e. The molecule has 1 aromatic carbocycles. The van der Waals surface area contributed by atoms with Crippen LogP contribution in [-0.4, -0.2) is 32.8 Å². The van der Waals surface area contributed by atoms with Crippen LogP contribution in [0.25, 0.3) is 10.9 Å². The Balaban J connectivity index is 1.82. The summed E-state index contributed by atoms with van der Waals surface area (Å²) >= 11 is 0. The van der Waals surface area contributed by atoms with E-state index in [1.165, 1.54) is 22.3 Å². The number of rotatable bonds is 5. The van der Waals surface area contributed by atoms with Gasteiger partial charge in [0.2, 0.25) is 0 Å². The fourth-order valence-electron chi connectivity index (χ4n) is 5.20. The van der Waals surface area contributed by atoms with Crippen LogP contribution in [0.2, 0.25) is 0 Å². The highest BCUT2D eigenvalue weighted by Gasteiger charge is 2.28. The summed E-state index contributed by atoms with van der Waals surface area (Å²) in [7, 11) is 1.77. The minimum absolute atomic E-state index is 0.185. The second-order valence-corrected chi connectivity index (χ2v) is 9.87. The molecular formula is C29H36N2O3. The maximum Gasteiger partial charge on any atom is 0.259 e. The molecule has 2 N–H and O–H groups in total. The van der Waals surface area contributed by atoms with Crippen LogP contribution in [0.3, 0.4) is 0 Å². The topological polar surface area (TPSA) is 65.7 Å². The number of allylic oxidation sites excluding steroid dienone is 5. The van der Waals surface area contributed by atoms with Crippen molar-refractivity contribution in [2.24, 2.45) is 11.8 Å². The van der Waals surface area contributed by atoms with Crippen LogP contribution in [0, 0.1) is 11.8 Å². The molecule has 0 fully saturated rings. The first-order valence-corrected chi connectivity index (χ1v) is 12.1. The van der Waals surface area contributed by atoms with E-state index in [9.17, 15) is 15.0 Å². The summed E-state index contributed by atoms with van der Waals surface area (Å²) in [5.74, 6) is 0.898. The normalized spacial score (nSPS) is 24.0. The van der Waals surface area contributed by atoms with Crippen molar-refractivity contribution in [3.05, 3.63) is 92.5 Å². The van der Waals surface area contributed by atoms with Crippen LogP contribution in [0.1, 0.15) is 52.8 Å². The quantitative estimate of drug-likeness (QED) is 0.612. The zero-order valence-electron chi connectivity index (χ0n) is 21.0. The van der Waals surface area contributed by atoms with Gasteiger partial charge in [-0.15, -0.1) is 0 Å². The summed E-state index contributed by atoms with van der Waals surface area (Å²) < 4.78 is 1.81. The lowest BCUT2D eigenvalue weighted by Crippen LogP contribution is -2.33. The second-order valence-electron chi connectivity index (χ2n) is 9.87. The highest BCUT2D eigenvalue weighted by atomic mass is 16.3. The van der Waals surface area contributed by atoms with Crippen LogP contribution in [0.4, 0.5) is 0 Å². The van der Waals surface area contributed by atoms with Crippen molar-refractivity contribution in [2.45, 2.75) is 59.9 Å². The molecule has 4 unspecified atom stereocenters. The van der Waals surface area contributed by atoms with Crippen LogP contribution in [0.15, 0.2) is 81.3 Å². The van der Waals surface area contributed by atoms with E-state index in [0.29, 0.717) is 30.4 Å². The Kier molecular flexibility index (Phi) is 6.70. The van der Waals surface area contributed by atoms with E-state index in [2.05, 4.69) is 34.6 Å². The van der Waals surface area contributed by atoms with Crippen molar-refractivity contribution in [1.82, 2.24) is 9.47 Å². The van der Waals surface area contributed by atoms with Gasteiger partial charge in [0.1, 0.15) is 0 Å². The van der Waals surface area contributed by atoms with Crippen LogP contribution in [-0.2, 0) is 6.54 Å². The third kappa shape index (κ3) is 4.19. The van der Waals surface area contributed by atoms with Gasteiger partial charge >= 0.3 is 0 Å². The number of para-hydroxylation sites is 1. The molecule has 0 amide bonds. The Morgan fingerprint density at radius 1 is 1.12 bits per heavy atom. The van der Waals surface area contributed by atoms with E-state index in [1.807, 2.05) is 34.9 Å². The van der Waals surface area contributed by atoms with Crippen molar-refractivity contribution in [3.63, 3.8) is 0 Å². The standard InChI is InChI=1S/C29H36N2O3/c1-17-18(2)20(4)26(21(5)19(17)3)16-31-27-10-8-7-9-22(27)15-25(29(31)34)28(33)30(6)23-11-13-24(32)14-12-23/h7-13,15,17-18,24,28,32-33H,14,16H2,1-6H3. The van der Waals surface area contributed by atoms with Crippen LogP contribution in [0.5, 0.6) is 0 Å². The van der Waals surface area contributed by atoms with E-state index < -0.39 is 12.3 Å². The minimum atomic E-state index is -1.10. The highest BCUT2D eigenvalue weighted by molar-refractivity contribution is 5.80. The molecule has 5 heteroatoms. The molecule has 0 saturated carbocycles. The number of aliphatic hydroxyl groups is 2. The number of fused-ring (bicyclic) bond motifs is 1. The molecule has 0 saturated heterocycles. The number of nitrogens with zero attached hydrogens (tertiary/aromatic N) is 2. The van der Waals surface area contributed by atoms with Gasteiger partial charge in [0, 0.05) is 12.7 Å². The fourth-order valence-corrected chi connectivity index (χ4v) is 5.20. The lowest BCUT2D eigenvalue weighted by atomic mass is 9.74. The van der Waals surface area contributed by atoms with E-state index in [-0.39, 0.29) is 5.56 Å². The van der Waals surface area contributed by atoms with Crippen LogP contribution >= 0.6 is 0 Å². The molecule has 180 valence electrons. The van der Waals surface area contributed by atoms with Gasteiger partial charge in [-0.25, -0.2) is 0 Å². The first kappa shape index (κ1) is 24.2. The van der Waals surface area contributed by atoms with Gasteiger partial charge in [0.25, 0.3) is 5.56 Å². The number of hydrogen-bond acceptors (Lipinski definition) is 4. The first-order valence-electron chi connectivity index (χ1n) is 12.1. The largest absolute Gasteiger partial charge is 0.389 e. The summed E-state index contributed by atoms with van der Waals surface area (Å²) in [5.41, 5.74) is 6.97. The Morgan fingerprint density at radius 2 is 1.79 bits per heavy atom. The predicted molar refractivity (Wildman–Crippen MR) is 138 cm³/mol. The third-order valence-electron chi connectivity index (χ3n) is 8.09. The molecule has 2 aromatic rings. The zero-order valence-corrected chi connectivity index (χ0v) is 21.0. The van der Waals surface area contributed by atoms with E-state index in [0.717, 1.165) is 16.6 Å². The number of aromatic nitrogens is 1. The molecule has 4 atom stereocenters. The number of aliphatic hydroxyl groups excluding tert-OH is 2.